The average molecular weight is 398 g/mol. The number of anilines is 1. The molecule has 2 heterocycles. The maximum Gasteiger partial charge on any atom is 0.255 e. The van der Waals surface area contributed by atoms with Gasteiger partial charge in [-0.15, -0.1) is 0 Å². The lowest BCUT2D eigenvalue weighted by atomic mass is 10.1. The summed E-state index contributed by atoms with van der Waals surface area (Å²) in [6.07, 6.45) is 1.46. The van der Waals surface area contributed by atoms with E-state index >= 15 is 0 Å². The van der Waals surface area contributed by atoms with Crippen LogP contribution in [0.2, 0.25) is 5.02 Å². The van der Waals surface area contributed by atoms with Crippen LogP contribution in [0.5, 0.6) is 0 Å². The zero-order valence-electron chi connectivity index (χ0n) is 15.2. The van der Waals surface area contributed by atoms with Crippen molar-refractivity contribution in [1.29, 1.82) is 0 Å². The molecule has 28 heavy (non-hydrogen) atoms. The number of fused-ring (bicyclic) bond motifs is 1. The summed E-state index contributed by atoms with van der Waals surface area (Å²) in [4.78, 5) is 29.7. The molecule has 0 atom stereocenters. The highest BCUT2D eigenvalue weighted by Crippen LogP contribution is 2.25. The Balaban J connectivity index is 1.58. The summed E-state index contributed by atoms with van der Waals surface area (Å²) in [5.74, 6) is -0.250. The minimum absolute atomic E-state index is 0.211. The molecular formula is C21H20ClN3O3. The van der Waals surface area contributed by atoms with Gasteiger partial charge in [-0.05, 0) is 29.8 Å². The lowest BCUT2D eigenvalue weighted by Gasteiger charge is -2.30. The van der Waals surface area contributed by atoms with Crippen molar-refractivity contribution in [3.8, 4) is 0 Å². The number of carbonyl (C=O) groups is 1. The zero-order valence-corrected chi connectivity index (χ0v) is 16.0. The number of carbonyl (C=O) groups excluding carboxylic acids is 1. The number of nitrogens with zero attached hydrogens (tertiary/aromatic N) is 1. The van der Waals surface area contributed by atoms with E-state index in [4.69, 9.17) is 16.3 Å². The molecule has 2 aromatic carbocycles. The number of rotatable bonds is 4. The molecule has 0 aliphatic carbocycles. The Morgan fingerprint density at radius 3 is 2.68 bits per heavy atom. The lowest BCUT2D eigenvalue weighted by Crippen LogP contribution is -2.37. The third-order valence-electron chi connectivity index (χ3n) is 4.89. The van der Waals surface area contributed by atoms with Crippen LogP contribution in [0.25, 0.3) is 10.8 Å². The average Bonchev–Trinajstić information content (AvgIpc) is 2.73. The van der Waals surface area contributed by atoms with E-state index < -0.39 is 0 Å². The van der Waals surface area contributed by atoms with Crippen molar-refractivity contribution in [2.24, 2.45) is 0 Å². The first kappa shape index (κ1) is 18.5. The number of halogens is 1. The van der Waals surface area contributed by atoms with Gasteiger partial charge >= 0.3 is 0 Å². The van der Waals surface area contributed by atoms with E-state index in [1.807, 2.05) is 24.3 Å². The van der Waals surface area contributed by atoms with Crippen molar-refractivity contribution in [3.05, 3.63) is 75.2 Å². The minimum Gasteiger partial charge on any atom is -0.378 e. The van der Waals surface area contributed by atoms with Gasteiger partial charge in [-0.3, -0.25) is 9.59 Å². The Kier molecular flexibility index (Phi) is 5.32. The smallest absolute Gasteiger partial charge is 0.255 e. The van der Waals surface area contributed by atoms with Gasteiger partial charge in [0.25, 0.3) is 11.5 Å². The van der Waals surface area contributed by atoms with E-state index in [1.165, 1.54) is 6.20 Å². The molecule has 4 rings (SSSR count). The molecule has 0 spiro atoms. The van der Waals surface area contributed by atoms with E-state index in [9.17, 15) is 9.59 Å². The van der Waals surface area contributed by atoms with Crippen LogP contribution in [0.15, 0.2) is 53.5 Å². The Morgan fingerprint density at radius 2 is 1.89 bits per heavy atom. The van der Waals surface area contributed by atoms with E-state index in [-0.39, 0.29) is 11.5 Å². The summed E-state index contributed by atoms with van der Waals surface area (Å²) in [5, 5.41) is 4.70. The van der Waals surface area contributed by atoms with E-state index in [0.717, 1.165) is 24.3 Å². The number of morpholine rings is 1. The Bertz CT molecular complexity index is 1070. The van der Waals surface area contributed by atoms with Gasteiger partial charge in [-0.1, -0.05) is 29.8 Å². The van der Waals surface area contributed by atoms with Crippen molar-refractivity contribution < 1.29 is 9.53 Å². The van der Waals surface area contributed by atoms with Crippen LogP contribution in [0.3, 0.4) is 0 Å². The van der Waals surface area contributed by atoms with Gasteiger partial charge in [0.1, 0.15) is 0 Å². The second kappa shape index (κ2) is 8.04. The highest BCUT2D eigenvalue weighted by molar-refractivity contribution is 6.30. The molecule has 1 fully saturated rings. The molecule has 1 aromatic heterocycles. The first-order valence-electron chi connectivity index (χ1n) is 9.13. The SMILES string of the molecule is O=C(NCc1cc(Cl)ccc1N1CCOCC1)c1c[nH]c(=O)c2ccccc12. The van der Waals surface area contributed by atoms with Gasteiger partial charge in [0.05, 0.1) is 18.8 Å². The molecule has 0 saturated carbocycles. The Hall–Kier alpha value is -2.83. The van der Waals surface area contributed by atoms with Crippen molar-refractivity contribution in [2.45, 2.75) is 6.54 Å². The molecule has 6 nitrogen and oxygen atoms in total. The van der Waals surface area contributed by atoms with Gasteiger partial charge in [-0.2, -0.15) is 0 Å². The quantitative estimate of drug-likeness (QED) is 0.709. The second-order valence-electron chi connectivity index (χ2n) is 6.63. The van der Waals surface area contributed by atoms with E-state index in [1.54, 1.807) is 18.2 Å². The van der Waals surface area contributed by atoms with Crippen LogP contribution < -0.4 is 15.8 Å². The fraction of sp³-hybridized carbons (Fsp3) is 0.238. The van der Waals surface area contributed by atoms with Gasteiger partial charge < -0.3 is 19.9 Å². The molecule has 0 radical (unpaired) electrons. The summed E-state index contributed by atoms with van der Waals surface area (Å²) in [6, 6.07) is 12.8. The highest BCUT2D eigenvalue weighted by atomic mass is 35.5. The molecule has 0 unspecified atom stereocenters. The largest absolute Gasteiger partial charge is 0.378 e. The maximum atomic E-state index is 12.8. The normalized spacial score (nSPS) is 14.2. The molecule has 144 valence electrons. The number of hydrogen-bond acceptors (Lipinski definition) is 4. The zero-order chi connectivity index (χ0) is 19.5. The lowest BCUT2D eigenvalue weighted by molar-refractivity contribution is 0.0952. The first-order chi connectivity index (χ1) is 13.6. The summed E-state index contributed by atoms with van der Waals surface area (Å²) in [5.41, 5.74) is 2.21. The molecule has 1 aliphatic rings. The molecule has 2 N–H and O–H groups in total. The molecular weight excluding hydrogens is 378 g/mol. The fourth-order valence-electron chi connectivity index (χ4n) is 3.48. The standard InChI is InChI=1S/C21H20ClN3O3/c22-15-5-6-19(25-7-9-28-10-8-25)14(11-15)12-23-21(27)18-13-24-20(26)17-4-2-1-3-16(17)18/h1-6,11,13H,7-10,12H2,(H,23,27)(H,24,26). The molecule has 3 aromatic rings. The summed E-state index contributed by atoms with van der Waals surface area (Å²) < 4.78 is 5.42. The number of benzene rings is 2. The number of nitrogens with one attached hydrogen (secondary N) is 2. The molecule has 1 amide bonds. The fourth-order valence-corrected chi connectivity index (χ4v) is 3.67. The number of hydrogen-bond donors (Lipinski definition) is 2. The minimum atomic E-state index is -0.250. The van der Waals surface area contributed by atoms with Crippen molar-refractivity contribution in [2.75, 3.05) is 31.2 Å². The monoisotopic (exact) mass is 397 g/mol. The molecule has 0 bridgehead atoms. The number of H-pyrrole nitrogens is 1. The van der Waals surface area contributed by atoms with E-state index in [0.29, 0.717) is 41.1 Å². The predicted molar refractivity (Wildman–Crippen MR) is 110 cm³/mol. The third-order valence-corrected chi connectivity index (χ3v) is 5.12. The number of amides is 1. The molecule has 7 heteroatoms. The van der Waals surface area contributed by atoms with Gasteiger partial charge in [0, 0.05) is 47.3 Å². The van der Waals surface area contributed by atoms with Gasteiger partial charge in [0.2, 0.25) is 0 Å². The van der Waals surface area contributed by atoms with Crippen LogP contribution in [-0.4, -0.2) is 37.2 Å². The van der Waals surface area contributed by atoms with Crippen LogP contribution in [0.4, 0.5) is 5.69 Å². The summed E-state index contributed by atoms with van der Waals surface area (Å²) in [7, 11) is 0. The topological polar surface area (TPSA) is 74.4 Å². The van der Waals surface area contributed by atoms with Crippen LogP contribution in [0, 0.1) is 0 Å². The Labute approximate surface area is 167 Å². The Morgan fingerprint density at radius 1 is 1.14 bits per heavy atom. The van der Waals surface area contributed by atoms with Crippen LogP contribution >= 0.6 is 11.6 Å². The van der Waals surface area contributed by atoms with Gasteiger partial charge in [0.15, 0.2) is 0 Å². The number of aromatic nitrogens is 1. The summed E-state index contributed by atoms with van der Waals surface area (Å²) in [6.45, 7) is 3.29. The number of aromatic amines is 1. The highest BCUT2D eigenvalue weighted by Gasteiger charge is 2.17. The van der Waals surface area contributed by atoms with Crippen molar-refractivity contribution in [1.82, 2.24) is 10.3 Å². The molecule has 1 saturated heterocycles. The first-order valence-corrected chi connectivity index (χ1v) is 9.51. The van der Waals surface area contributed by atoms with Crippen molar-refractivity contribution in [3.63, 3.8) is 0 Å². The molecule has 1 aliphatic heterocycles. The number of ether oxygens (including phenoxy) is 1. The second-order valence-corrected chi connectivity index (χ2v) is 7.07. The maximum absolute atomic E-state index is 12.8. The van der Waals surface area contributed by atoms with E-state index in [2.05, 4.69) is 15.2 Å². The van der Waals surface area contributed by atoms with Gasteiger partial charge in [-0.25, -0.2) is 0 Å². The van der Waals surface area contributed by atoms with Crippen LogP contribution in [0.1, 0.15) is 15.9 Å². The predicted octanol–water partition coefficient (Wildman–Crippen LogP) is 2.95. The summed E-state index contributed by atoms with van der Waals surface area (Å²) >= 11 is 6.19. The van der Waals surface area contributed by atoms with Crippen molar-refractivity contribution >= 4 is 34.0 Å². The van der Waals surface area contributed by atoms with Crippen LogP contribution in [-0.2, 0) is 11.3 Å². The number of pyridine rings is 1. The third kappa shape index (κ3) is 3.74.